The predicted octanol–water partition coefficient (Wildman–Crippen LogP) is 1.74. The van der Waals surface area contributed by atoms with Crippen LogP contribution in [0, 0.1) is 0 Å². The first kappa shape index (κ1) is 13.5. The van der Waals surface area contributed by atoms with Gasteiger partial charge in [-0.2, -0.15) is 5.11 Å². The Morgan fingerprint density at radius 2 is 2.32 bits per heavy atom. The number of aryl methyl sites for hydroxylation is 1. The highest BCUT2D eigenvalue weighted by Crippen LogP contribution is 2.18. The highest BCUT2D eigenvalue weighted by atomic mass is 32.1. The van der Waals surface area contributed by atoms with E-state index >= 15 is 0 Å². The van der Waals surface area contributed by atoms with E-state index in [1.165, 1.54) is 23.5 Å². The molecule has 2 rings (SSSR count). The Balaban J connectivity index is 1.92. The minimum absolute atomic E-state index is 0.370. The summed E-state index contributed by atoms with van der Waals surface area (Å²) < 4.78 is 0. The van der Waals surface area contributed by atoms with Crippen LogP contribution in [-0.2, 0) is 16.0 Å². The first-order valence-corrected chi connectivity index (χ1v) is 6.77. The van der Waals surface area contributed by atoms with E-state index < -0.39 is 11.9 Å². The van der Waals surface area contributed by atoms with Crippen LogP contribution < -0.4 is 5.32 Å². The number of azo groups is 1. The Labute approximate surface area is 113 Å². The maximum Gasteiger partial charge on any atom is 0.287 e. The largest absolute Gasteiger partial charge is 0.298 e. The quantitative estimate of drug-likeness (QED) is 0.887. The van der Waals surface area contributed by atoms with Gasteiger partial charge in [0.1, 0.15) is 5.01 Å². The van der Waals surface area contributed by atoms with E-state index in [1.807, 2.05) is 0 Å². The summed E-state index contributed by atoms with van der Waals surface area (Å²) in [5.74, 6) is -0.826. The standard InChI is InChI=1S/C11H13N5O2S/c1-2-3-4-9-15-16-11(19-9)12-10(18)7-5-6-8(17)14-13-7/h5-7H,2-4H2,1H3,(H,12,16,18). The second-order valence-electron chi connectivity index (χ2n) is 3.95. The van der Waals surface area contributed by atoms with Crippen LogP contribution >= 0.6 is 11.3 Å². The van der Waals surface area contributed by atoms with Crippen LogP contribution in [0.5, 0.6) is 0 Å². The molecule has 0 fully saturated rings. The SMILES string of the molecule is CCCCc1nnc(NC(=O)C2C=CC(=O)N=N2)s1. The van der Waals surface area contributed by atoms with E-state index in [0.29, 0.717) is 5.13 Å². The van der Waals surface area contributed by atoms with E-state index in [-0.39, 0.29) is 5.91 Å². The highest BCUT2D eigenvalue weighted by Gasteiger charge is 2.19. The predicted molar refractivity (Wildman–Crippen MR) is 69.9 cm³/mol. The average Bonchev–Trinajstić information content (AvgIpc) is 2.84. The third kappa shape index (κ3) is 3.75. The highest BCUT2D eigenvalue weighted by molar-refractivity contribution is 7.15. The molecule has 0 aliphatic carbocycles. The maximum atomic E-state index is 11.8. The third-order valence-electron chi connectivity index (χ3n) is 2.41. The fraction of sp³-hybridized carbons (Fsp3) is 0.455. The van der Waals surface area contributed by atoms with Gasteiger partial charge in [-0.25, -0.2) is 0 Å². The minimum atomic E-state index is -0.777. The molecule has 2 amide bonds. The van der Waals surface area contributed by atoms with Crippen LogP contribution in [0.3, 0.4) is 0 Å². The van der Waals surface area contributed by atoms with Gasteiger partial charge in [-0.3, -0.25) is 14.9 Å². The molecule has 1 N–H and O–H groups in total. The molecule has 1 aliphatic rings. The normalized spacial score (nSPS) is 17.7. The first-order valence-electron chi connectivity index (χ1n) is 5.95. The molecule has 0 bridgehead atoms. The molecule has 8 heteroatoms. The van der Waals surface area contributed by atoms with Gasteiger partial charge in [-0.15, -0.1) is 15.3 Å². The van der Waals surface area contributed by atoms with Gasteiger partial charge < -0.3 is 0 Å². The van der Waals surface area contributed by atoms with Gasteiger partial charge in [0.05, 0.1) is 0 Å². The van der Waals surface area contributed by atoms with Crippen molar-refractivity contribution in [3.63, 3.8) is 0 Å². The topological polar surface area (TPSA) is 96.7 Å². The number of amides is 2. The molecule has 1 aliphatic heterocycles. The van der Waals surface area contributed by atoms with Crippen molar-refractivity contribution >= 4 is 28.3 Å². The molecular formula is C11H13N5O2S. The van der Waals surface area contributed by atoms with Gasteiger partial charge in [-0.05, 0) is 12.5 Å². The Hall–Kier alpha value is -1.96. The molecule has 0 spiro atoms. The lowest BCUT2D eigenvalue weighted by molar-refractivity contribution is -0.117. The third-order valence-corrected chi connectivity index (χ3v) is 3.31. The van der Waals surface area contributed by atoms with Gasteiger partial charge in [0, 0.05) is 12.5 Å². The average molecular weight is 279 g/mol. The van der Waals surface area contributed by atoms with Crippen molar-refractivity contribution in [2.75, 3.05) is 5.32 Å². The molecule has 100 valence electrons. The second kappa shape index (κ2) is 6.28. The molecule has 1 aromatic heterocycles. The minimum Gasteiger partial charge on any atom is -0.298 e. The zero-order valence-corrected chi connectivity index (χ0v) is 11.2. The number of nitrogens with zero attached hydrogens (tertiary/aromatic N) is 4. The number of nitrogens with one attached hydrogen (secondary N) is 1. The van der Waals surface area contributed by atoms with Crippen LogP contribution in [0.15, 0.2) is 22.4 Å². The molecule has 0 saturated heterocycles. The Morgan fingerprint density at radius 3 is 3.00 bits per heavy atom. The van der Waals surface area contributed by atoms with Crippen molar-refractivity contribution < 1.29 is 9.59 Å². The van der Waals surface area contributed by atoms with Crippen molar-refractivity contribution in [1.82, 2.24) is 10.2 Å². The summed E-state index contributed by atoms with van der Waals surface area (Å²) in [4.78, 5) is 22.6. The van der Waals surface area contributed by atoms with Crippen molar-refractivity contribution in [2.45, 2.75) is 32.2 Å². The number of rotatable bonds is 5. The zero-order valence-electron chi connectivity index (χ0n) is 10.4. The Kier molecular flexibility index (Phi) is 4.45. The number of unbranched alkanes of at least 4 members (excludes halogenated alkanes) is 1. The van der Waals surface area contributed by atoms with E-state index in [2.05, 4.69) is 32.7 Å². The maximum absolute atomic E-state index is 11.8. The summed E-state index contributed by atoms with van der Waals surface area (Å²) in [6, 6.07) is -0.777. The summed E-state index contributed by atoms with van der Waals surface area (Å²) >= 11 is 1.35. The van der Waals surface area contributed by atoms with Gasteiger partial charge in [0.15, 0.2) is 6.04 Å². The number of carbonyl (C=O) groups excluding carboxylic acids is 2. The van der Waals surface area contributed by atoms with Gasteiger partial charge in [-0.1, -0.05) is 24.7 Å². The lowest BCUT2D eigenvalue weighted by atomic mass is 10.2. The summed E-state index contributed by atoms with van der Waals surface area (Å²) in [6.07, 6.45) is 5.63. The number of hydrogen-bond donors (Lipinski definition) is 1. The number of hydrogen-bond acceptors (Lipinski definition) is 6. The molecule has 0 aromatic carbocycles. The second-order valence-corrected chi connectivity index (χ2v) is 5.01. The van der Waals surface area contributed by atoms with E-state index in [9.17, 15) is 9.59 Å². The smallest absolute Gasteiger partial charge is 0.287 e. The molecule has 1 unspecified atom stereocenters. The molecule has 19 heavy (non-hydrogen) atoms. The van der Waals surface area contributed by atoms with Gasteiger partial charge in [0.25, 0.3) is 11.8 Å². The molecule has 0 saturated carbocycles. The zero-order chi connectivity index (χ0) is 13.7. The van der Waals surface area contributed by atoms with E-state index in [1.54, 1.807) is 0 Å². The van der Waals surface area contributed by atoms with Crippen molar-refractivity contribution in [1.29, 1.82) is 0 Å². The van der Waals surface area contributed by atoms with Crippen LogP contribution in [0.2, 0.25) is 0 Å². The molecule has 0 radical (unpaired) electrons. The lowest BCUT2D eigenvalue weighted by Crippen LogP contribution is -2.25. The van der Waals surface area contributed by atoms with E-state index in [4.69, 9.17) is 0 Å². The van der Waals surface area contributed by atoms with Crippen molar-refractivity contribution in [3.8, 4) is 0 Å². The fourth-order valence-electron chi connectivity index (χ4n) is 1.42. The molecule has 2 heterocycles. The first-order chi connectivity index (χ1) is 9.19. The Morgan fingerprint density at radius 1 is 1.47 bits per heavy atom. The van der Waals surface area contributed by atoms with Gasteiger partial charge >= 0.3 is 0 Å². The Bertz CT molecular complexity index is 521. The molecular weight excluding hydrogens is 266 g/mol. The number of aromatic nitrogens is 2. The fourth-order valence-corrected chi connectivity index (χ4v) is 2.20. The van der Waals surface area contributed by atoms with Crippen LogP contribution in [-0.4, -0.2) is 28.1 Å². The summed E-state index contributed by atoms with van der Waals surface area (Å²) in [5.41, 5.74) is 0. The van der Waals surface area contributed by atoms with Crippen LogP contribution in [0.4, 0.5) is 5.13 Å². The summed E-state index contributed by atoms with van der Waals surface area (Å²) in [5, 5.41) is 18.8. The lowest BCUT2D eigenvalue weighted by Gasteiger charge is -2.06. The molecule has 1 aromatic rings. The van der Waals surface area contributed by atoms with Crippen molar-refractivity contribution in [2.24, 2.45) is 10.2 Å². The van der Waals surface area contributed by atoms with Crippen molar-refractivity contribution in [3.05, 3.63) is 17.2 Å². The summed E-state index contributed by atoms with van der Waals surface area (Å²) in [7, 11) is 0. The van der Waals surface area contributed by atoms with E-state index in [0.717, 1.165) is 24.3 Å². The summed E-state index contributed by atoms with van der Waals surface area (Å²) in [6.45, 7) is 2.10. The molecule has 7 nitrogen and oxygen atoms in total. The van der Waals surface area contributed by atoms with Crippen LogP contribution in [0.1, 0.15) is 24.8 Å². The number of anilines is 1. The monoisotopic (exact) mass is 279 g/mol. The van der Waals surface area contributed by atoms with Crippen LogP contribution in [0.25, 0.3) is 0 Å². The number of carbonyl (C=O) groups is 2. The van der Waals surface area contributed by atoms with Gasteiger partial charge in [0.2, 0.25) is 5.13 Å². The molecule has 1 atom stereocenters.